The molecule has 1 rings (SSSR count). The normalized spacial score (nSPS) is 9.44. The van der Waals surface area contributed by atoms with E-state index in [2.05, 4.69) is 9.40 Å². The number of aryl methyl sites for hydroxylation is 1. The zero-order valence-electron chi connectivity index (χ0n) is 4.79. The van der Waals surface area contributed by atoms with Crippen LogP contribution in [0.5, 0.6) is 5.95 Å². The van der Waals surface area contributed by atoms with Gasteiger partial charge in [-0.1, -0.05) is 0 Å². The lowest BCUT2D eigenvalue weighted by molar-refractivity contribution is 0.111. The van der Waals surface area contributed by atoms with E-state index in [9.17, 15) is 4.79 Å². The minimum atomic E-state index is -0.414. The Morgan fingerprint density at radius 1 is 1.78 bits per heavy atom. The van der Waals surface area contributed by atoms with E-state index in [-0.39, 0.29) is 11.6 Å². The van der Waals surface area contributed by atoms with Crippen molar-refractivity contribution in [2.24, 2.45) is 0 Å². The molecular weight excluding hydrogens is 122 g/mol. The maximum atomic E-state index is 9.96. The summed E-state index contributed by atoms with van der Waals surface area (Å²) in [7, 11) is 0. The number of aromatic nitrogens is 1. The summed E-state index contributed by atoms with van der Waals surface area (Å²) >= 11 is 0. The molecule has 0 saturated heterocycles. The molecule has 9 heavy (non-hydrogen) atoms. The highest BCUT2D eigenvalue weighted by Gasteiger charge is 2.06. The highest BCUT2D eigenvalue weighted by atomic mass is 16.5. The Labute approximate surface area is 51.1 Å². The number of carbonyl (C=O) groups excluding carboxylic acids is 1. The second-order valence-electron chi connectivity index (χ2n) is 1.54. The fraction of sp³-hybridized carbons (Fsp3) is 0.200. The smallest absolute Gasteiger partial charge is 0.313 e. The quantitative estimate of drug-likeness (QED) is 0.558. The summed E-state index contributed by atoms with van der Waals surface area (Å²) in [6.45, 7) is 1.55. The monoisotopic (exact) mass is 127 g/mol. The highest BCUT2D eigenvalue weighted by Crippen LogP contribution is 2.14. The number of hydrogen-bond acceptors (Lipinski definition) is 4. The molecule has 1 heterocycles. The molecule has 4 nitrogen and oxygen atoms in total. The van der Waals surface area contributed by atoms with Gasteiger partial charge in [0.15, 0.2) is 17.9 Å². The zero-order chi connectivity index (χ0) is 6.85. The molecule has 0 fully saturated rings. The van der Waals surface area contributed by atoms with Gasteiger partial charge in [0.1, 0.15) is 0 Å². The Balaban J connectivity index is 3.15. The molecule has 1 aromatic rings. The first kappa shape index (κ1) is 5.81. The third kappa shape index (κ3) is 0.910. The molecule has 0 bridgehead atoms. The molecule has 0 aliphatic rings. The van der Waals surface area contributed by atoms with Gasteiger partial charge >= 0.3 is 5.95 Å². The molecule has 0 aliphatic carbocycles. The maximum absolute atomic E-state index is 9.96. The molecule has 0 aliphatic heterocycles. The predicted molar refractivity (Wildman–Crippen MR) is 28.3 cm³/mol. The van der Waals surface area contributed by atoms with Crippen LogP contribution in [0.3, 0.4) is 0 Å². The van der Waals surface area contributed by atoms with Crippen molar-refractivity contribution in [3.8, 4) is 5.95 Å². The Morgan fingerprint density at radius 2 is 2.44 bits per heavy atom. The number of carbonyl (C=O) groups is 1. The van der Waals surface area contributed by atoms with Crippen molar-refractivity contribution in [2.45, 2.75) is 6.92 Å². The van der Waals surface area contributed by atoms with Crippen molar-refractivity contribution in [3.63, 3.8) is 0 Å². The summed E-state index contributed by atoms with van der Waals surface area (Å²) in [4.78, 5) is 13.5. The van der Waals surface area contributed by atoms with Crippen LogP contribution in [-0.4, -0.2) is 16.4 Å². The molecule has 1 N–H and O–H groups in total. The van der Waals surface area contributed by atoms with Crippen molar-refractivity contribution >= 4 is 6.29 Å². The van der Waals surface area contributed by atoms with Crippen LogP contribution in [0.4, 0.5) is 0 Å². The van der Waals surface area contributed by atoms with Crippen molar-refractivity contribution in [1.82, 2.24) is 4.98 Å². The van der Waals surface area contributed by atoms with Crippen LogP contribution >= 0.6 is 0 Å². The predicted octanol–water partition coefficient (Wildman–Crippen LogP) is 0.501. The molecule has 0 atom stereocenters. The van der Waals surface area contributed by atoms with Gasteiger partial charge in [-0.2, -0.15) is 0 Å². The second-order valence-corrected chi connectivity index (χ2v) is 1.54. The number of rotatable bonds is 1. The Morgan fingerprint density at radius 3 is 2.67 bits per heavy atom. The summed E-state index contributed by atoms with van der Waals surface area (Å²) in [6.07, 6.45) is 0.436. The SMILES string of the molecule is Cc1nc(C=O)c(O)o1. The summed E-state index contributed by atoms with van der Waals surface area (Å²) in [5, 5.41) is 8.67. The molecule has 0 unspecified atom stereocenters. The topological polar surface area (TPSA) is 63.3 Å². The van der Waals surface area contributed by atoms with Crippen LogP contribution in [-0.2, 0) is 0 Å². The van der Waals surface area contributed by atoms with Crippen molar-refractivity contribution in [1.29, 1.82) is 0 Å². The van der Waals surface area contributed by atoms with Gasteiger partial charge in [-0.25, -0.2) is 4.98 Å². The first-order valence-electron chi connectivity index (χ1n) is 2.35. The number of oxazole rings is 1. The number of hydrogen-bond donors (Lipinski definition) is 1. The fourth-order valence-electron chi connectivity index (χ4n) is 0.509. The minimum absolute atomic E-state index is 0.0486. The summed E-state index contributed by atoms with van der Waals surface area (Å²) in [5.41, 5.74) is -0.0486. The van der Waals surface area contributed by atoms with Crippen molar-refractivity contribution < 1.29 is 14.3 Å². The van der Waals surface area contributed by atoms with Gasteiger partial charge in [0, 0.05) is 6.92 Å². The molecule has 0 saturated carbocycles. The number of aromatic hydroxyl groups is 1. The Hall–Kier alpha value is -1.32. The van der Waals surface area contributed by atoms with Crippen molar-refractivity contribution in [3.05, 3.63) is 11.6 Å². The van der Waals surface area contributed by atoms with E-state index < -0.39 is 5.95 Å². The van der Waals surface area contributed by atoms with Crippen molar-refractivity contribution in [2.75, 3.05) is 0 Å². The van der Waals surface area contributed by atoms with E-state index in [4.69, 9.17) is 5.11 Å². The number of aldehydes is 1. The van der Waals surface area contributed by atoms with E-state index in [1.54, 1.807) is 6.92 Å². The van der Waals surface area contributed by atoms with Gasteiger partial charge in [0.2, 0.25) is 0 Å². The van der Waals surface area contributed by atoms with E-state index in [1.807, 2.05) is 0 Å². The van der Waals surface area contributed by atoms with Crippen LogP contribution < -0.4 is 0 Å². The van der Waals surface area contributed by atoms with Gasteiger partial charge in [-0.15, -0.1) is 0 Å². The van der Waals surface area contributed by atoms with Gasteiger partial charge < -0.3 is 9.52 Å². The molecule has 48 valence electrons. The summed E-state index contributed by atoms with van der Waals surface area (Å²) in [5.74, 6) is -0.128. The zero-order valence-corrected chi connectivity index (χ0v) is 4.79. The minimum Gasteiger partial charge on any atom is -0.479 e. The average Bonchev–Trinajstić information content (AvgIpc) is 2.10. The van der Waals surface area contributed by atoms with E-state index in [1.165, 1.54) is 0 Å². The van der Waals surface area contributed by atoms with Crippen LogP contribution in [0.2, 0.25) is 0 Å². The highest BCUT2D eigenvalue weighted by molar-refractivity contribution is 5.74. The van der Waals surface area contributed by atoms with Crippen LogP contribution in [0.25, 0.3) is 0 Å². The lowest BCUT2D eigenvalue weighted by Gasteiger charge is -1.76. The molecular formula is C5H5NO3. The van der Waals surface area contributed by atoms with E-state index in [0.29, 0.717) is 6.29 Å². The maximum Gasteiger partial charge on any atom is 0.313 e. The number of nitrogens with zero attached hydrogens (tertiary/aromatic N) is 1. The molecule has 1 aromatic heterocycles. The second kappa shape index (κ2) is 1.89. The average molecular weight is 127 g/mol. The molecule has 0 aromatic carbocycles. The standard InChI is InChI=1S/C5H5NO3/c1-3-6-4(2-7)5(8)9-3/h2,8H,1H3. The van der Waals surface area contributed by atoms with Gasteiger partial charge in [-0.05, 0) is 0 Å². The third-order valence-electron chi connectivity index (χ3n) is 0.853. The first-order valence-corrected chi connectivity index (χ1v) is 2.35. The molecule has 0 amide bonds. The largest absolute Gasteiger partial charge is 0.479 e. The lowest BCUT2D eigenvalue weighted by atomic mass is 10.5. The van der Waals surface area contributed by atoms with Gasteiger partial charge in [-0.3, -0.25) is 4.79 Å². The fourth-order valence-corrected chi connectivity index (χ4v) is 0.509. The first-order chi connectivity index (χ1) is 4.24. The lowest BCUT2D eigenvalue weighted by Crippen LogP contribution is -1.77. The molecule has 4 heteroatoms. The van der Waals surface area contributed by atoms with Crippen LogP contribution in [0.15, 0.2) is 4.42 Å². The van der Waals surface area contributed by atoms with E-state index in [0.717, 1.165) is 0 Å². The van der Waals surface area contributed by atoms with E-state index >= 15 is 0 Å². The summed E-state index contributed by atoms with van der Waals surface area (Å²) in [6, 6.07) is 0. The Kier molecular flexibility index (Phi) is 1.22. The van der Waals surface area contributed by atoms with Crippen LogP contribution in [0, 0.1) is 6.92 Å². The van der Waals surface area contributed by atoms with Gasteiger partial charge in [0.25, 0.3) is 0 Å². The van der Waals surface area contributed by atoms with Crippen LogP contribution in [0.1, 0.15) is 16.4 Å². The third-order valence-corrected chi connectivity index (χ3v) is 0.853. The molecule has 0 radical (unpaired) electrons. The molecule has 0 spiro atoms. The Bertz CT molecular complexity index is 228. The van der Waals surface area contributed by atoms with Gasteiger partial charge in [0.05, 0.1) is 0 Å². The summed E-state index contributed by atoms with van der Waals surface area (Å²) < 4.78 is 4.52.